The SMILES string of the molecule is CC(=O)Nc1cc(-c2cc(C(N)c3ccc(Cl)cc3)c(-c3nnc[nH]3)s2)ccn1. The lowest BCUT2D eigenvalue weighted by Gasteiger charge is -2.12. The second kappa shape index (κ2) is 8.12. The Hall–Kier alpha value is -3.07. The number of aromatic nitrogens is 4. The van der Waals surface area contributed by atoms with Gasteiger partial charge in [-0.25, -0.2) is 4.98 Å². The van der Waals surface area contributed by atoms with Crippen molar-refractivity contribution in [2.24, 2.45) is 5.73 Å². The van der Waals surface area contributed by atoms with Crippen LogP contribution in [0.3, 0.4) is 0 Å². The second-order valence-electron chi connectivity index (χ2n) is 6.37. The zero-order chi connectivity index (χ0) is 20.4. The number of nitrogens with two attached hydrogens (primary N) is 1. The fraction of sp³-hybridized carbons (Fsp3) is 0.100. The summed E-state index contributed by atoms with van der Waals surface area (Å²) in [6.45, 7) is 1.45. The lowest BCUT2D eigenvalue weighted by molar-refractivity contribution is -0.114. The monoisotopic (exact) mass is 424 g/mol. The van der Waals surface area contributed by atoms with Crippen molar-refractivity contribution in [3.05, 3.63) is 71.1 Å². The fourth-order valence-corrected chi connectivity index (χ4v) is 4.24. The van der Waals surface area contributed by atoms with Crippen molar-refractivity contribution >= 4 is 34.7 Å². The normalized spacial score (nSPS) is 12.0. The third-order valence-corrected chi connectivity index (χ3v) is 5.76. The minimum atomic E-state index is -0.367. The van der Waals surface area contributed by atoms with Gasteiger partial charge in [-0.15, -0.1) is 21.5 Å². The predicted octanol–water partition coefficient (Wildman–Crippen LogP) is 4.26. The Morgan fingerprint density at radius 1 is 1.24 bits per heavy atom. The Balaban J connectivity index is 1.78. The summed E-state index contributed by atoms with van der Waals surface area (Å²) in [7, 11) is 0. The zero-order valence-electron chi connectivity index (χ0n) is 15.4. The maximum atomic E-state index is 11.4. The highest BCUT2D eigenvalue weighted by atomic mass is 35.5. The standard InChI is InChI=1S/C20H17ClN6OS/c1-11(28)26-17-8-13(6-7-23-17)16-9-15(19(29-16)20-24-10-25-27-20)18(22)12-2-4-14(21)5-3-12/h2-10,18H,22H2,1H3,(H,23,26,28)(H,24,25,27). The third-order valence-electron chi connectivity index (χ3n) is 4.31. The summed E-state index contributed by atoms with van der Waals surface area (Å²) in [4.78, 5) is 20.5. The van der Waals surface area contributed by atoms with Gasteiger partial charge in [-0.05, 0) is 47.0 Å². The maximum absolute atomic E-state index is 11.4. The van der Waals surface area contributed by atoms with Gasteiger partial charge >= 0.3 is 0 Å². The molecule has 4 N–H and O–H groups in total. The molecule has 146 valence electrons. The molecular weight excluding hydrogens is 408 g/mol. The van der Waals surface area contributed by atoms with Crippen LogP contribution in [0.25, 0.3) is 21.1 Å². The summed E-state index contributed by atoms with van der Waals surface area (Å²) in [5, 5.41) is 11.4. The number of nitrogens with one attached hydrogen (secondary N) is 2. The molecule has 4 aromatic rings. The van der Waals surface area contributed by atoms with Gasteiger partial charge in [0.05, 0.1) is 10.9 Å². The number of hydrogen-bond acceptors (Lipinski definition) is 6. The highest BCUT2D eigenvalue weighted by Crippen LogP contribution is 2.41. The van der Waals surface area contributed by atoms with Crippen molar-refractivity contribution in [2.75, 3.05) is 5.32 Å². The van der Waals surface area contributed by atoms with Gasteiger partial charge in [0.15, 0.2) is 5.82 Å². The molecule has 0 aliphatic heterocycles. The second-order valence-corrected chi connectivity index (χ2v) is 7.86. The molecule has 0 fully saturated rings. The van der Waals surface area contributed by atoms with Crippen LogP contribution in [0.4, 0.5) is 5.82 Å². The molecule has 29 heavy (non-hydrogen) atoms. The molecule has 3 aromatic heterocycles. The van der Waals surface area contributed by atoms with Crippen LogP contribution in [0.1, 0.15) is 24.1 Å². The minimum Gasteiger partial charge on any atom is -0.327 e. The number of hydrogen-bond donors (Lipinski definition) is 3. The van der Waals surface area contributed by atoms with E-state index in [-0.39, 0.29) is 11.9 Å². The molecule has 0 saturated carbocycles. The van der Waals surface area contributed by atoms with Crippen LogP contribution < -0.4 is 11.1 Å². The van der Waals surface area contributed by atoms with Gasteiger partial charge in [0, 0.05) is 23.0 Å². The van der Waals surface area contributed by atoms with Crippen molar-refractivity contribution in [2.45, 2.75) is 13.0 Å². The van der Waals surface area contributed by atoms with Crippen LogP contribution in [-0.2, 0) is 4.79 Å². The molecular formula is C20H17ClN6OS. The maximum Gasteiger partial charge on any atom is 0.222 e. The molecule has 1 aromatic carbocycles. The fourth-order valence-electron chi connectivity index (χ4n) is 2.96. The van der Waals surface area contributed by atoms with E-state index in [0.29, 0.717) is 16.7 Å². The summed E-state index contributed by atoms with van der Waals surface area (Å²) >= 11 is 7.56. The molecule has 3 heterocycles. The van der Waals surface area contributed by atoms with Gasteiger partial charge in [0.25, 0.3) is 0 Å². The highest BCUT2D eigenvalue weighted by molar-refractivity contribution is 7.19. The summed E-state index contributed by atoms with van der Waals surface area (Å²) in [5.74, 6) is 0.971. The van der Waals surface area contributed by atoms with E-state index in [2.05, 4.69) is 25.5 Å². The molecule has 0 aliphatic carbocycles. The van der Waals surface area contributed by atoms with E-state index >= 15 is 0 Å². The number of H-pyrrole nitrogens is 1. The van der Waals surface area contributed by atoms with Crippen molar-refractivity contribution < 1.29 is 4.79 Å². The van der Waals surface area contributed by atoms with Crippen LogP contribution in [0.5, 0.6) is 0 Å². The van der Waals surface area contributed by atoms with Crippen molar-refractivity contribution in [3.63, 3.8) is 0 Å². The average Bonchev–Trinajstić information content (AvgIpc) is 3.37. The number of benzene rings is 1. The molecule has 9 heteroatoms. The number of rotatable bonds is 5. The van der Waals surface area contributed by atoms with E-state index in [1.54, 1.807) is 17.5 Å². The number of nitrogens with zero attached hydrogens (tertiary/aromatic N) is 3. The molecule has 0 bridgehead atoms. The Labute approximate surface area is 176 Å². The number of anilines is 1. The van der Waals surface area contributed by atoms with Crippen molar-refractivity contribution in [1.82, 2.24) is 20.2 Å². The summed E-state index contributed by atoms with van der Waals surface area (Å²) < 4.78 is 0. The Morgan fingerprint density at radius 3 is 2.72 bits per heavy atom. The molecule has 0 radical (unpaired) electrons. The van der Waals surface area contributed by atoms with E-state index in [1.807, 2.05) is 42.5 Å². The van der Waals surface area contributed by atoms with Gasteiger partial charge in [0.2, 0.25) is 5.91 Å². The number of pyridine rings is 1. The largest absolute Gasteiger partial charge is 0.327 e. The number of carbonyl (C=O) groups is 1. The lowest BCUT2D eigenvalue weighted by atomic mass is 9.99. The smallest absolute Gasteiger partial charge is 0.222 e. The van der Waals surface area contributed by atoms with E-state index in [0.717, 1.165) is 26.4 Å². The first kappa shape index (κ1) is 19.3. The molecule has 7 nitrogen and oxygen atoms in total. The number of aromatic amines is 1. The predicted molar refractivity (Wildman–Crippen MR) is 115 cm³/mol. The zero-order valence-corrected chi connectivity index (χ0v) is 17.0. The van der Waals surface area contributed by atoms with Crippen LogP contribution in [-0.4, -0.2) is 26.1 Å². The number of thiophene rings is 1. The average molecular weight is 425 g/mol. The molecule has 1 atom stereocenters. The van der Waals surface area contributed by atoms with E-state index in [1.165, 1.54) is 13.3 Å². The van der Waals surface area contributed by atoms with Crippen LogP contribution >= 0.6 is 22.9 Å². The third kappa shape index (κ3) is 4.19. The quantitative estimate of drug-likeness (QED) is 0.443. The first-order valence-electron chi connectivity index (χ1n) is 8.76. The van der Waals surface area contributed by atoms with Crippen molar-refractivity contribution in [1.29, 1.82) is 0 Å². The number of carbonyl (C=O) groups excluding carboxylic acids is 1. The summed E-state index contributed by atoms with van der Waals surface area (Å²) in [5.41, 5.74) is 9.37. The van der Waals surface area contributed by atoms with Crippen LogP contribution in [0.15, 0.2) is 55.0 Å². The summed E-state index contributed by atoms with van der Waals surface area (Å²) in [6, 6.07) is 12.9. The highest BCUT2D eigenvalue weighted by Gasteiger charge is 2.21. The molecule has 0 spiro atoms. The number of amides is 1. The number of halogens is 1. The van der Waals surface area contributed by atoms with Gasteiger partial charge in [0.1, 0.15) is 12.1 Å². The lowest BCUT2D eigenvalue weighted by Crippen LogP contribution is -2.11. The molecule has 1 amide bonds. The Kier molecular flexibility index (Phi) is 5.39. The topological polar surface area (TPSA) is 110 Å². The Bertz CT molecular complexity index is 1140. The first-order chi connectivity index (χ1) is 14.0. The Morgan fingerprint density at radius 2 is 2.03 bits per heavy atom. The molecule has 0 saturated heterocycles. The summed E-state index contributed by atoms with van der Waals surface area (Å²) in [6.07, 6.45) is 3.20. The van der Waals surface area contributed by atoms with Gasteiger partial charge in [-0.2, -0.15) is 0 Å². The molecule has 1 unspecified atom stereocenters. The minimum absolute atomic E-state index is 0.173. The molecule has 4 rings (SSSR count). The molecule has 0 aliphatic rings. The first-order valence-corrected chi connectivity index (χ1v) is 9.96. The van der Waals surface area contributed by atoms with E-state index in [9.17, 15) is 4.79 Å². The van der Waals surface area contributed by atoms with Gasteiger partial charge in [-0.3, -0.25) is 4.79 Å². The van der Waals surface area contributed by atoms with E-state index < -0.39 is 0 Å². The van der Waals surface area contributed by atoms with Crippen LogP contribution in [0.2, 0.25) is 5.02 Å². The van der Waals surface area contributed by atoms with Gasteiger partial charge in [-0.1, -0.05) is 23.7 Å². The van der Waals surface area contributed by atoms with E-state index in [4.69, 9.17) is 17.3 Å². The van der Waals surface area contributed by atoms with Gasteiger partial charge < -0.3 is 16.0 Å². The van der Waals surface area contributed by atoms with Crippen LogP contribution in [0, 0.1) is 0 Å². The van der Waals surface area contributed by atoms with Crippen molar-refractivity contribution in [3.8, 4) is 21.1 Å².